The van der Waals surface area contributed by atoms with E-state index in [2.05, 4.69) is 0 Å². The van der Waals surface area contributed by atoms with Crippen LogP contribution in [0.4, 0.5) is 5.69 Å². The molecule has 0 bridgehead atoms. The van der Waals surface area contributed by atoms with Gasteiger partial charge in [0.15, 0.2) is 0 Å². The highest BCUT2D eigenvalue weighted by molar-refractivity contribution is 5.43. The first kappa shape index (κ1) is 9.98. The molecule has 0 atom stereocenters. The van der Waals surface area contributed by atoms with Crippen molar-refractivity contribution < 1.29 is 4.84 Å². The number of anilines is 1. The predicted molar refractivity (Wildman–Crippen MR) is 51.6 cm³/mol. The van der Waals surface area contributed by atoms with Crippen LogP contribution in [-0.2, 0) is 4.84 Å². The number of para-hydroxylation sites is 1. The van der Waals surface area contributed by atoms with E-state index in [0.29, 0.717) is 10.9 Å². The Morgan fingerprint density at radius 2 is 1.85 bits per heavy atom. The molecule has 0 spiro atoms. The molecule has 2 N–H and O–H groups in total. The maximum Gasteiger partial charge on any atom is 0.137 e. The van der Waals surface area contributed by atoms with E-state index < -0.39 is 5.72 Å². The van der Waals surface area contributed by atoms with Crippen LogP contribution in [0, 0.1) is 5.21 Å². The van der Waals surface area contributed by atoms with Gasteiger partial charge in [-0.3, -0.25) is 4.84 Å². The van der Waals surface area contributed by atoms with Gasteiger partial charge in [0.25, 0.3) is 0 Å². The molecule has 4 nitrogen and oxygen atoms in total. The zero-order valence-corrected chi connectivity index (χ0v) is 7.73. The lowest BCUT2D eigenvalue weighted by molar-refractivity contribution is -0.0151. The predicted octanol–water partition coefficient (Wildman–Crippen LogP) is 1.62. The molecule has 1 aromatic rings. The van der Waals surface area contributed by atoms with Gasteiger partial charge >= 0.3 is 0 Å². The summed E-state index contributed by atoms with van der Waals surface area (Å²) in [5.41, 5.74) is 4.98. The van der Waals surface area contributed by atoms with Crippen molar-refractivity contribution in [2.75, 3.05) is 5.23 Å². The molecular weight excluding hydrogens is 168 g/mol. The summed E-state index contributed by atoms with van der Waals surface area (Å²) < 4.78 is 0. The second kappa shape index (κ2) is 3.74. The Morgan fingerprint density at radius 1 is 1.31 bits per heavy atom. The molecule has 0 amide bonds. The smallest absolute Gasteiger partial charge is 0.137 e. The standard InChI is InChI=1S/C9H13N2O2/c1-9(2,10)13-11(12)8-6-4-3-5-7-8/h3-7H,10H2,1-2H3/q-1. The van der Waals surface area contributed by atoms with Gasteiger partial charge in [0.2, 0.25) is 0 Å². The van der Waals surface area contributed by atoms with Crippen LogP contribution in [-0.4, -0.2) is 5.72 Å². The van der Waals surface area contributed by atoms with Crippen molar-refractivity contribution in [2.45, 2.75) is 19.6 Å². The summed E-state index contributed by atoms with van der Waals surface area (Å²) in [6.07, 6.45) is 0. The molecule has 0 aliphatic carbocycles. The average Bonchev–Trinajstić information content (AvgIpc) is 2.03. The van der Waals surface area contributed by atoms with Crippen LogP contribution in [0.25, 0.3) is 0 Å². The van der Waals surface area contributed by atoms with Gasteiger partial charge in [0.05, 0.1) is 5.69 Å². The van der Waals surface area contributed by atoms with Gasteiger partial charge in [-0.25, -0.2) is 0 Å². The Kier molecular flexibility index (Phi) is 2.87. The second-order valence-corrected chi connectivity index (χ2v) is 3.29. The van der Waals surface area contributed by atoms with Gasteiger partial charge in [-0.2, -0.15) is 0 Å². The third-order valence-electron chi connectivity index (χ3n) is 1.29. The Labute approximate surface area is 77.4 Å². The van der Waals surface area contributed by atoms with E-state index in [4.69, 9.17) is 10.6 Å². The Bertz CT molecular complexity index is 256. The number of rotatable bonds is 3. The molecule has 0 saturated carbocycles. The first-order chi connectivity index (χ1) is 5.99. The molecule has 1 aromatic carbocycles. The van der Waals surface area contributed by atoms with Gasteiger partial charge in [0.1, 0.15) is 5.72 Å². The lowest BCUT2D eigenvalue weighted by atomic mass is 10.3. The summed E-state index contributed by atoms with van der Waals surface area (Å²) >= 11 is 0. The Balaban J connectivity index is 2.64. The summed E-state index contributed by atoms with van der Waals surface area (Å²) in [5, 5.41) is 11.7. The van der Waals surface area contributed by atoms with E-state index in [0.717, 1.165) is 0 Å². The summed E-state index contributed by atoms with van der Waals surface area (Å²) in [6, 6.07) is 8.64. The molecule has 0 unspecified atom stereocenters. The van der Waals surface area contributed by atoms with E-state index in [1.165, 1.54) is 0 Å². The lowest BCUT2D eigenvalue weighted by Gasteiger charge is -2.35. The fourth-order valence-corrected chi connectivity index (χ4v) is 0.816. The van der Waals surface area contributed by atoms with Crippen LogP contribution in [0.1, 0.15) is 13.8 Å². The second-order valence-electron chi connectivity index (χ2n) is 3.29. The van der Waals surface area contributed by atoms with Crippen LogP contribution in [0.3, 0.4) is 0 Å². The molecule has 4 heteroatoms. The fourth-order valence-electron chi connectivity index (χ4n) is 0.816. The van der Waals surface area contributed by atoms with Crippen LogP contribution in [0.15, 0.2) is 30.3 Å². The number of nitrogens with zero attached hydrogens (tertiary/aromatic N) is 1. The van der Waals surface area contributed by atoms with Crippen molar-refractivity contribution in [1.82, 2.24) is 0 Å². The molecule has 0 radical (unpaired) electrons. The first-order valence-electron chi connectivity index (χ1n) is 3.99. The van der Waals surface area contributed by atoms with E-state index in [9.17, 15) is 5.21 Å². The van der Waals surface area contributed by atoms with Crippen molar-refractivity contribution >= 4 is 5.69 Å². The molecule has 1 rings (SSSR count). The van der Waals surface area contributed by atoms with Crippen molar-refractivity contribution in [1.29, 1.82) is 0 Å². The Morgan fingerprint density at radius 3 is 2.31 bits per heavy atom. The molecule has 0 aliphatic heterocycles. The molecule has 13 heavy (non-hydrogen) atoms. The minimum absolute atomic E-state index is 0.417. The van der Waals surface area contributed by atoms with Crippen LogP contribution in [0.2, 0.25) is 0 Å². The number of hydrogen-bond acceptors (Lipinski definition) is 4. The van der Waals surface area contributed by atoms with Gasteiger partial charge in [0, 0.05) is 0 Å². The SMILES string of the molecule is CC(C)(N)ON([O-])c1ccccc1. The number of nitrogens with two attached hydrogens (primary N) is 1. The van der Waals surface area contributed by atoms with Crippen LogP contribution >= 0.6 is 0 Å². The van der Waals surface area contributed by atoms with Crippen molar-refractivity contribution in [3.8, 4) is 0 Å². The summed E-state index contributed by atoms with van der Waals surface area (Å²) in [4.78, 5) is 4.88. The Hall–Kier alpha value is -1.10. The first-order valence-corrected chi connectivity index (χ1v) is 3.99. The number of benzene rings is 1. The topological polar surface area (TPSA) is 61.5 Å². The van der Waals surface area contributed by atoms with Gasteiger partial charge in [-0.05, 0) is 26.0 Å². The quantitative estimate of drug-likeness (QED) is 0.568. The minimum Gasteiger partial charge on any atom is -0.733 e. The van der Waals surface area contributed by atoms with Gasteiger partial charge < -0.3 is 16.2 Å². The summed E-state index contributed by atoms with van der Waals surface area (Å²) in [7, 11) is 0. The normalized spacial score (nSPS) is 11.4. The molecular formula is C9H13N2O2-. The van der Waals surface area contributed by atoms with E-state index in [1.807, 2.05) is 6.07 Å². The molecule has 0 aromatic heterocycles. The zero-order valence-electron chi connectivity index (χ0n) is 7.73. The number of hydrogen-bond donors (Lipinski definition) is 1. The summed E-state index contributed by atoms with van der Waals surface area (Å²) in [6.45, 7) is 3.22. The van der Waals surface area contributed by atoms with Crippen molar-refractivity contribution in [3.05, 3.63) is 35.5 Å². The largest absolute Gasteiger partial charge is 0.733 e. The highest BCUT2D eigenvalue weighted by Gasteiger charge is 2.12. The van der Waals surface area contributed by atoms with E-state index in [-0.39, 0.29) is 0 Å². The van der Waals surface area contributed by atoms with Gasteiger partial charge in [-0.15, -0.1) is 0 Å². The monoisotopic (exact) mass is 181 g/mol. The molecule has 0 heterocycles. The van der Waals surface area contributed by atoms with Crippen LogP contribution < -0.4 is 11.0 Å². The molecule has 72 valence electrons. The minimum atomic E-state index is -0.961. The third-order valence-corrected chi connectivity index (χ3v) is 1.29. The highest BCUT2D eigenvalue weighted by Crippen LogP contribution is 2.15. The van der Waals surface area contributed by atoms with Crippen molar-refractivity contribution in [3.63, 3.8) is 0 Å². The summed E-state index contributed by atoms with van der Waals surface area (Å²) in [5.74, 6) is 0. The molecule has 0 saturated heterocycles. The maximum absolute atomic E-state index is 11.3. The van der Waals surface area contributed by atoms with E-state index in [1.54, 1.807) is 38.1 Å². The molecule has 0 fully saturated rings. The molecule has 0 aliphatic rings. The van der Waals surface area contributed by atoms with Crippen LogP contribution in [0.5, 0.6) is 0 Å². The van der Waals surface area contributed by atoms with Gasteiger partial charge in [-0.1, -0.05) is 18.2 Å². The fraction of sp³-hybridized carbons (Fsp3) is 0.333. The average molecular weight is 181 g/mol. The third kappa shape index (κ3) is 3.42. The van der Waals surface area contributed by atoms with E-state index >= 15 is 0 Å². The highest BCUT2D eigenvalue weighted by atomic mass is 16.9. The van der Waals surface area contributed by atoms with Crippen molar-refractivity contribution in [2.24, 2.45) is 5.73 Å². The maximum atomic E-state index is 11.3. The zero-order chi connectivity index (χ0) is 9.90. The lowest BCUT2D eigenvalue weighted by Crippen LogP contribution is -2.40.